The summed E-state index contributed by atoms with van der Waals surface area (Å²) in [6.45, 7) is 0. The number of benzene rings is 6. The van der Waals surface area contributed by atoms with Gasteiger partial charge in [-0.1, -0.05) is 78.9 Å². The summed E-state index contributed by atoms with van der Waals surface area (Å²) in [5.74, 6) is 0. The Morgan fingerprint density at radius 2 is 0.930 bits per heavy atom. The highest BCUT2D eigenvalue weighted by atomic mass is 15.0. The van der Waals surface area contributed by atoms with Crippen LogP contribution in [0.5, 0.6) is 0 Å². The largest absolute Gasteiger partial charge is 0.309 e. The van der Waals surface area contributed by atoms with Gasteiger partial charge in [0.1, 0.15) is 0 Å². The summed E-state index contributed by atoms with van der Waals surface area (Å²) >= 11 is 0. The number of hydrogen-bond donors (Lipinski definition) is 0. The number of rotatable bonds is 3. The van der Waals surface area contributed by atoms with E-state index in [0.29, 0.717) is 0 Å². The van der Waals surface area contributed by atoms with Crippen LogP contribution in [0.15, 0.2) is 152 Å². The molecule has 0 aliphatic rings. The van der Waals surface area contributed by atoms with E-state index in [2.05, 4.69) is 142 Å². The van der Waals surface area contributed by atoms with E-state index in [1.165, 1.54) is 54.1 Å². The van der Waals surface area contributed by atoms with E-state index in [1.54, 1.807) is 0 Å². The van der Waals surface area contributed by atoms with Crippen molar-refractivity contribution in [2.45, 2.75) is 0 Å². The van der Waals surface area contributed by atoms with Crippen molar-refractivity contribution in [3.63, 3.8) is 0 Å². The summed E-state index contributed by atoms with van der Waals surface area (Å²) in [4.78, 5) is 8.57. The Hall–Kier alpha value is -5.80. The van der Waals surface area contributed by atoms with Crippen LogP contribution >= 0.6 is 0 Å². The topological polar surface area (TPSA) is 30.7 Å². The normalized spacial score (nSPS) is 11.7. The highest BCUT2D eigenvalue weighted by Gasteiger charge is 2.21. The molecule has 0 saturated carbocycles. The predicted octanol–water partition coefficient (Wildman–Crippen LogP) is 10.4. The van der Waals surface area contributed by atoms with Crippen LogP contribution in [0.4, 0.5) is 0 Å². The van der Waals surface area contributed by atoms with Crippen LogP contribution in [-0.4, -0.2) is 14.5 Å². The molecule has 0 bridgehead atoms. The molecular formula is C40H25N3. The van der Waals surface area contributed by atoms with Crippen molar-refractivity contribution in [2.75, 3.05) is 0 Å². The Morgan fingerprint density at radius 3 is 1.63 bits per heavy atom. The number of fused-ring (bicyclic) bond motifs is 10. The molecule has 0 radical (unpaired) electrons. The van der Waals surface area contributed by atoms with Crippen molar-refractivity contribution in [1.29, 1.82) is 0 Å². The molecule has 0 spiro atoms. The minimum Gasteiger partial charge on any atom is -0.309 e. The molecule has 6 aromatic carbocycles. The van der Waals surface area contributed by atoms with Gasteiger partial charge in [0.05, 0.1) is 11.0 Å². The van der Waals surface area contributed by atoms with Gasteiger partial charge in [-0.3, -0.25) is 9.97 Å². The first-order valence-corrected chi connectivity index (χ1v) is 14.6. The van der Waals surface area contributed by atoms with Crippen LogP contribution in [0.1, 0.15) is 0 Å². The zero-order valence-electron chi connectivity index (χ0n) is 23.3. The smallest absolute Gasteiger partial charge is 0.0632 e. The van der Waals surface area contributed by atoms with Gasteiger partial charge in [0.15, 0.2) is 0 Å². The summed E-state index contributed by atoms with van der Waals surface area (Å²) in [6, 6.07) is 46.2. The Bertz CT molecular complexity index is 2440. The van der Waals surface area contributed by atoms with E-state index in [-0.39, 0.29) is 0 Å². The van der Waals surface area contributed by atoms with Crippen LogP contribution in [-0.2, 0) is 0 Å². The fraction of sp³-hybridized carbons (Fsp3) is 0. The van der Waals surface area contributed by atoms with E-state index < -0.39 is 0 Å². The Balaban J connectivity index is 1.52. The van der Waals surface area contributed by atoms with Gasteiger partial charge in [-0.25, -0.2) is 0 Å². The van der Waals surface area contributed by atoms with Crippen LogP contribution < -0.4 is 0 Å². The standard InChI is InChI=1S/C40H25N3/c1-2-8-32-28(7-1)13-14-35-33-9-3-4-10-34(33)39-36-11-5-6-12-37(36)43(40(39)38(32)35)31-24-29(26-15-19-41-20-16-26)23-30(25-31)27-17-21-42-22-18-27/h1-25H. The first-order valence-electron chi connectivity index (χ1n) is 14.6. The van der Waals surface area contributed by atoms with Crippen LogP contribution in [0.2, 0.25) is 0 Å². The molecule has 43 heavy (non-hydrogen) atoms. The maximum atomic E-state index is 4.28. The molecule has 0 fully saturated rings. The predicted molar refractivity (Wildman–Crippen MR) is 180 cm³/mol. The molecule has 3 heterocycles. The average molecular weight is 548 g/mol. The maximum Gasteiger partial charge on any atom is 0.0632 e. The molecule has 3 aromatic heterocycles. The van der Waals surface area contributed by atoms with Crippen molar-refractivity contribution in [2.24, 2.45) is 0 Å². The third-order valence-corrected chi connectivity index (χ3v) is 8.73. The maximum absolute atomic E-state index is 4.28. The molecule has 3 nitrogen and oxygen atoms in total. The summed E-state index contributed by atoms with van der Waals surface area (Å²) < 4.78 is 2.49. The Kier molecular flexibility index (Phi) is 5.20. The third-order valence-electron chi connectivity index (χ3n) is 8.73. The van der Waals surface area contributed by atoms with Crippen molar-refractivity contribution in [3.05, 3.63) is 152 Å². The van der Waals surface area contributed by atoms with Gasteiger partial charge < -0.3 is 4.57 Å². The van der Waals surface area contributed by atoms with Crippen molar-refractivity contribution in [1.82, 2.24) is 14.5 Å². The molecule has 0 amide bonds. The molecule has 0 aliphatic heterocycles. The molecule has 0 saturated heterocycles. The van der Waals surface area contributed by atoms with Gasteiger partial charge in [0.25, 0.3) is 0 Å². The molecule has 0 N–H and O–H groups in total. The van der Waals surface area contributed by atoms with Gasteiger partial charge in [-0.05, 0) is 97.7 Å². The average Bonchev–Trinajstić information content (AvgIpc) is 3.44. The van der Waals surface area contributed by atoms with E-state index >= 15 is 0 Å². The van der Waals surface area contributed by atoms with Crippen LogP contribution in [0.25, 0.3) is 82.1 Å². The van der Waals surface area contributed by atoms with Crippen molar-refractivity contribution < 1.29 is 0 Å². The van der Waals surface area contributed by atoms with Crippen molar-refractivity contribution >= 4 is 54.1 Å². The molecule has 3 heteroatoms. The van der Waals surface area contributed by atoms with Crippen molar-refractivity contribution in [3.8, 4) is 27.9 Å². The second-order valence-electron chi connectivity index (χ2n) is 11.1. The zero-order valence-corrected chi connectivity index (χ0v) is 23.3. The zero-order chi connectivity index (χ0) is 28.3. The minimum absolute atomic E-state index is 1.12. The minimum atomic E-state index is 1.12. The quantitative estimate of drug-likeness (QED) is 0.206. The van der Waals surface area contributed by atoms with Gasteiger partial charge >= 0.3 is 0 Å². The van der Waals surface area contributed by atoms with Crippen LogP contribution in [0.3, 0.4) is 0 Å². The summed E-state index contributed by atoms with van der Waals surface area (Å²) in [5.41, 5.74) is 8.11. The summed E-state index contributed by atoms with van der Waals surface area (Å²) in [6.07, 6.45) is 7.45. The van der Waals surface area contributed by atoms with Gasteiger partial charge in [-0.2, -0.15) is 0 Å². The molecule has 9 rings (SSSR count). The first kappa shape index (κ1) is 23.9. The second-order valence-corrected chi connectivity index (χ2v) is 11.1. The highest BCUT2D eigenvalue weighted by molar-refractivity contribution is 6.36. The number of para-hydroxylation sites is 1. The van der Waals surface area contributed by atoms with Gasteiger partial charge in [0.2, 0.25) is 0 Å². The first-order chi connectivity index (χ1) is 21.3. The Morgan fingerprint density at radius 1 is 0.395 bits per heavy atom. The summed E-state index contributed by atoms with van der Waals surface area (Å²) in [7, 11) is 0. The van der Waals surface area contributed by atoms with E-state index in [9.17, 15) is 0 Å². The Labute approximate surface area is 248 Å². The van der Waals surface area contributed by atoms with E-state index in [1.807, 2.05) is 24.8 Å². The fourth-order valence-corrected chi connectivity index (χ4v) is 6.87. The molecule has 200 valence electrons. The van der Waals surface area contributed by atoms with Crippen LogP contribution in [0, 0.1) is 0 Å². The number of aromatic nitrogens is 3. The molecule has 0 aliphatic carbocycles. The lowest BCUT2D eigenvalue weighted by atomic mass is 9.93. The molecule has 0 unspecified atom stereocenters. The lowest BCUT2D eigenvalue weighted by Gasteiger charge is -2.16. The number of pyridine rings is 2. The van der Waals surface area contributed by atoms with Gasteiger partial charge in [0, 0.05) is 46.6 Å². The highest BCUT2D eigenvalue weighted by Crippen LogP contribution is 2.45. The lowest BCUT2D eigenvalue weighted by molar-refractivity contribution is 1.19. The summed E-state index contributed by atoms with van der Waals surface area (Å²) in [5, 5.41) is 10.1. The van der Waals surface area contributed by atoms with Gasteiger partial charge in [-0.15, -0.1) is 0 Å². The molecular weight excluding hydrogens is 522 g/mol. The molecule has 0 atom stereocenters. The fourth-order valence-electron chi connectivity index (χ4n) is 6.87. The molecule has 9 aromatic rings. The SMILES string of the molecule is c1ccc2c(c1)ccc1c3ccccc3c3c4ccccc4n(-c4cc(-c5ccncc5)cc(-c5ccncc5)c4)c3c21. The third kappa shape index (κ3) is 3.62. The lowest BCUT2D eigenvalue weighted by Crippen LogP contribution is -1.97. The number of hydrogen-bond acceptors (Lipinski definition) is 2. The van der Waals surface area contributed by atoms with E-state index in [4.69, 9.17) is 0 Å². The number of nitrogens with zero attached hydrogens (tertiary/aromatic N) is 3. The van der Waals surface area contributed by atoms with E-state index in [0.717, 1.165) is 27.9 Å². The second kappa shape index (κ2) is 9.37. The monoisotopic (exact) mass is 547 g/mol.